The molecule has 21 heavy (non-hydrogen) atoms. The highest BCUT2D eigenvalue weighted by atomic mass is 32.2. The van der Waals surface area contributed by atoms with Gasteiger partial charge >= 0.3 is 5.97 Å². The Labute approximate surface area is 126 Å². The first kappa shape index (κ1) is 17.9. The number of nitrogens with one attached hydrogen (secondary N) is 1. The topological polar surface area (TPSA) is 105 Å². The van der Waals surface area contributed by atoms with Gasteiger partial charge in [-0.3, -0.25) is 4.21 Å². The van der Waals surface area contributed by atoms with Gasteiger partial charge in [-0.05, 0) is 19.4 Å². The minimum Gasteiger partial charge on any atom is -0.477 e. The average molecular weight is 336 g/mol. The molecule has 0 aromatic carbocycles. The van der Waals surface area contributed by atoms with Gasteiger partial charge in [0.05, 0.1) is 0 Å². The molecule has 0 aliphatic rings. The van der Waals surface area contributed by atoms with E-state index in [1.54, 1.807) is 20.1 Å². The molecule has 120 valence electrons. The van der Waals surface area contributed by atoms with Crippen molar-refractivity contribution in [2.45, 2.75) is 37.0 Å². The van der Waals surface area contributed by atoms with Crippen LogP contribution in [0.3, 0.4) is 0 Å². The number of aromatic nitrogens is 1. The summed E-state index contributed by atoms with van der Waals surface area (Å²) in [7, 11) is -4.77. The Kier molecular flexibility index (Phi) is 6.11. The van der Waals surface area contributed by atoms with Gasteiger partial charge in [0.15, 0.2) is 0 Å². The zero-order valence-corrected chi connectivity index (χ0v) is 13.8. The molecule has 0 bridgehead atoms. The first-order valence-corrected chi connectivity index (χ1v) is 9.54. The Bertz CT molecular complexity index is 636. The highest BCUT2D eigenvalue weighted by molar-refractivity contribution is 7.89. The molecular weight excluding hydrogens is 316 g/mol. The van der Waals surface area contributed by atoms with Gasteiger partial charge in [0.25, 0.3) is 0 Å². The van der Waals surface area contributed by atoms with Crippen LogP contribution in [0.5, 0.6) is 0 Å². The van der Waals surface area contributed by atoms with Gasteiger partial charge in [-0.15, -0.1) is 0 Å². The lowest BCUT2D eigenvalue weighted by Gasteiger charge is -2.09. The van der Waals surface area contributed by atoms with Crippen molar-refractivity contribution in [2.24, 2.45) is 0 Å². The highest BCUT2D eigenvalue weighted by Crippen LogP contribution is 2.15. The summed E-state index contributed by atoms with van der Waals surface area (Å²) in [6.07, 6.45) is 3.31. The third kappa shape index (κ3) is 4.65. The second-order valence-corrected chi connectivity index (χ2v) is 8.22. The fraction of sp³-hybridized carbons (Fsp3) is 0.583. The summed E-state index contributed by atoms with van der Waals surface area (Å²) in [5.41, 5.74) is -0.0686. The molecular formula is C12H20N2O5S2. The molecule has 2 unspecified atom stereocenters. The first-order chi connectivity index (χ1) is 9.69. The van der Waals surface area contributed by atoms with Crippen LogP contribution >= 0.6 is 0 Å². The van der Waals surface area contributed by atoms with Crippen molar-refractivity contribution in [3.63, 3.8) is 0 Å². The van der Waals surface area contributed by atoms with E-state index in [0.29, 0.717) is 13.0 Å². The van der Waals surface area contributed by atoms with Crippen molar-refractivity contribution in [3.8, 4) is 0 Å². The lowest BCUT2D eigenvalue weighted by atomic mass is 10.3. The number of carboxylic acids is 1. The maximum absolute atomic E-state index is 12.1. The van der Waals surface area contributed by atoms with Crippen molar-refractivity contribution in [1.29, 1.82) is 0 Å². The molecule has 0 aliphatic heterocycles. The van der Waals surface area contributed by atoms with E-state index in [9.17, 15) is 17.4 Å². The monoisotopic (exact) mass is 336 g/mol. The molecule has 0 saturated carbocycles. The summed E-state index contributed by atoms with van der Waals surface area (Å²) in [5.74, 6) is -1.17. The normalized spacial score (nSPS) is 14.8. The zero-order valence-electron chi connectivity index (χ0n) is 12.2. The van der Waals surface area contributed by atoms with Crippen molar-refractivity contribution in [1.82, 2.24) is 9.29 Å². The van der Waals surface area contributed by atoms with Crippen LogP contribution in [0.2, 0.25) is 0 Å². The third-order valence-electron chi connectivity index (χ3n) is 3.15. The molecule has 0 aliphatic carbocycles. The number of aromatic carboxylic acids is 1. The van der Waals surface area contributed by atoms with E-state index in [2.05, 4.69) is 4.72 Å². The van der Waals surface area contributed by atoms with Crippen LogP contribution in [0.1, 0.15) is 30.8 Å². The second kappa shape index (κ2) is 7.19. The Morgan fingerprint density at radius 1 is 1.52 bits per heavy atom. The van der Waals surface area contributed by atoms with Crippen LogP contribution in [0.4, 0.5) is 0 Å². The number of sulfonamides is 1. The van der Waals surface area contributed by atoms with Crippen LogP contribution in [0, 0.1) is 0 Å². The Hall–Kier alpha value is -1.19. The van der Waals surface area contributed by atoms with E-state index in [1.165, 1.54) is 10.8 Å². The molecule has 9 heteroatoms. The maximum atomic E-state index is 12.1. The van der Waals surface area contributed by atoms with Gasteiger partial charge in [-0.2, -0.15) is 0 Å². The van der Waals surface area contributed by atoms with Gasteiger partial charge < -0.3 is 9.67 Å². The van der Waals surface area contributed by atoms with E-state index in [0.717, 1.165) is 6.07 Å². The molecule has 1 rings (SSSR count). The number of hydrogen-bond acceptors (Lipinski definition) is 4. The van der Waals surface area contributed by atoms with Crippen LogP contribution < -0.4 is 4.72 Å². The molecule has 2 atom stereocenters. The lowest BCUT2D eigenvalue weighted by Crippen LogP contribution is -2.27. The average Bonchev–Trinajstić information content (AvgIpc) is 2.83. The molecule has 1 aromatic heterocycles. The Balaban J connectivity index is 2.84. The molecule has 7 nitrogen and oxygen atoms in total. The standard InChI is InChI=1S/C12H20N2O5S2/c1-4-14-8-10(7-11(14)12(15)16)21(18,19)13-6-5-9(2)20(3)17/h7-9,13H,4-6H2,1-3H3,(H,15,16). The summed E-state index contributed by atoms with van der Waals surface area (Å²) in [5, 5.41) is 8.91. The minimum atomic E-state index is -3.76. The van der Waals surface area contributed by atoms with Crippen LogP contribution in [-0.2, 0) is 27.4 Å². The Morgan fingerprint density at radius 2 is 2.14 bits per heavy atom. The van der Waals surface area contributed by atoms with Gasteiger partial charge in [0, 0.05) is 41.6 Å². The summed E-state index contributed by atoms with van der Waals surface area (Å²) in [6, 6.07) is 1.13. The van der Waals surface area contributed by atoms with Crippen LogP contribution in [-0.4, -0.2) is 46.3 Å². The number of nitrogens with zero attached hydrogens (tertiary/aromatic N) is 1. The van der Waals surface area contributed by atoms with Crippen molar-refractivity contribution < 1.29 is 22.5 Å². The summed E-state index contributed by atoms with van der Waals surface area (Å²) < 4.78 is 39.1. The molecule has 0 radical (unpaired) electrons. The number of rotatable bonds is 8. The minimum absolute atomic E-state index is 0.0686. The molecule has 2 N–H and O–H groups in total. The van der Waals surface area contributed by atoms with Crippen LogP contribution in [0.25, 0.3) is 0 Å². The number of carboxylic acid groups (broad SMARTS) is 1. The zero-order chi connectivity index (χ0) is 16.2. The predicted molar refractivity (Wildman–Crippen MR) is 80.4 cm³/mol. The predicted octanol–water partition coefficient (Wildman–Crippen LogP) is 0.642. The molecule has 0 amide bonds. The summed E-state index contributed by atoms with van der Waals surface area (Å²) in [4.78, 5) is 11.0. The third-order valence-corrected chi connectivity index (χ3v) is 5.95. The van der Waals surface area contributed by atoms with Crippen LogP contribution in [0.15, 0.2) is 17.2 Å². The fourth-order valence-corrected chi connectivity index (χ4v) is 3.25. The smallest absolute Gasteiger partial charge is 0.352 e. The molecule has 0 spiro atoms. The highest BCUT2D eigenvalue weighted by Gasteiger charge is 2.21. The van der Waals surface area contributed by atoms with E-state index in [-0.39, 0.29) is 22.4 Å². The molecule has 1 aromatic rings. The number of aryl methyl sites for hydroxylation is 1. The fourth-order valence-electron chi connectivity index (χ4n) is 1.72. The van der Waals surface area contributed by atoms with Gasteiger partial charge in [-0.1, -0.05) is 6.92 Å². The molecule has 0 fully saturated rings. The Morgan fingerprint density at radius 3 is 2.57 bits per heavy atom. The second-order valence-electron chi connectivity index (χ2n) is 4.65. The quantitative estimate of drug-likeness (QED) is 0.725. The maximum Gasteiger partial charge on any atom is 0.352 e. The molecule has 1 heterocycles. The van der Waals surface area contributed by atoms with Crippen molar-refractivity contribution >= 4 is 26.8 Å². The largest absolute Gasteiger partial charge is 0.477 e. The lowest BCUT2D eigenvalue weighted by molar-refractivity contribution is 0.0685. The van der Waals surface area contributed by atoms with E-state index < -0.39 is 26.8 Å². The SMILES string of the molecule is CCn1cc(S(=O)(=O)NCCC(C)S(C)=O)cc1C(=O)O. The van der Waals surface area contributed by atoms with E-state index in [4.69, 9.17) is 5.11 Å². The van der Waals surface area contributed by atoms with Gasteiger partial charge in [0.2, 0.25) is 10.0 Å². The van der Waals surface area contributed by atoms with Gasteiger partial charge in [-0.25, -0.2) is 17.9 Å². The summed E-state index contributed by atoms with van der Waals surface area (Å²) >= 11 is 0. The van der Waals surface area contributed by atoms with Crippen molar-refractivity contribution in [2.75, 3.05) is 12.8 Å². The number of carbonyl (C=O) groups is 1. The first-order valence-electron chi connectivity index (χ1n) is 6.44. The van der Waals surface area contributed by atoms with Gasteiger partial charge in [0.1, 0.15) is 10.6 Å². The number of hydrogen-bond donors (Lipinski definition) is 2. The van der Waals surface area contributed by atoms with Crippen molar-refractivity contribution in [3.05, 3.63) is 18.0 Å². The molecule has 0 saturated heterocycles. The van der Waals surface area contributed by atoms with E-state index >= 15 is 0 Å². The van der Waals surface area contributed by atoms with E-state index in [1.807, 2.05) is 0 Å². The summed E-state index contributed by atoms with van der Waals surface area (Å²) in [6.45, 7) is 4.03.